The van der Waals surface area contributed by atoms with Crippen LogP contribution in [0.2, 0.25) is 0 Å². The van der Waals surface area contributed by atoms with Gasteiger partial charge in [-0.05, 0) is 0 Å². The summed E-state index contributed by atoms with van der Waals surface area (Å²) in [6, 6.07) is 0. The van der Waals surface area contributed by atoms with E-state index in [-0.39, 0.29) is 114 Å². The van der Waals surface area contributed by atoms with E-state index in [4.69, 9.17) is 0 Å². The van der Waals surface area contributed by atoms with Crippen LogP contribution in [0, 0.1) is 35.6 Å². The molecular formula is HLaNaTaZr. The minimum atomic E-state index is 0. The molecule has 0 aromatic rings. The van der Waals surface area contributed by atoms with E-state index in [0.29, 0.717) is 0 Å². The Balaban J connectivity index is 0. The predicted molar refractivity (Wildman–Crippen MR) is 7.15 cm³/mol. The standard InChI is InChI=1S/La.Na.Ta.Zr.H. The third-order valence-corrected chi connectivity index (χ3v) is 0. The van der Waals surface area contributed by atoms with Crippen molar-refractivity contribution in [3.05, 3.63) is 0 Å². The van der Waals surface area contributed by atoms with Crippen molar-refractivity contribution in [2.24, 2.45) is 0 Å². The van der Waals surface area contributed by atoms with Crippen LogP contribution in [0.4, 0.5) is 0 Å². The molecule has 0 aliphatic carbocycles. The fourth-order valence-electron chi connectivity index (χ4n) is 0. The summed E-state index contributed by atoms with van der Waals surface area (Å²) in [4.78, 5) is 0. The van der Waals surface area contributed by atoms with Crippen molar-refractivity contribution in [3.8, 4) is 0 Å². The zero-order valence-electron chi connectivity index (χ0n) is 1.52. The summed E-state index contributed by atoms with van der Waals surface area (Å²) in [6.07, 6.45) is 0. The summed E-state index contributed by atoms with van der Waals surface area (Å²) in [5.41, 5.74) is 0. The summed E-state index contributed by atoms with van der Waals surface area (Å²) in [7, 11) is 0. The zero-order chi connectivity index (χ0) is 0. The van der Waals surface area contributed by atoms with Gasteiger partial charge in [0.05, 0.1) is 0 Å². The minimum absolute atomic E-state index is 0. The number of hydrogen-bond donors (Lipinski definition) is 0. The Morgan fingerprint density at radius 3 is 1.00 bits per heavy atom. The average Bonchev–Trinajstić information content (AvgIpc) is 0. The first-order valence-corrected chi connectivity index (χ1v) is 0. The monoisotopic (exact) mass is 434 g/mol. The number of hydrogen-bond acceptors (Lipinski definition) is 0. The van der Waals surface area contributed by atoms with Gasteiger partial charge in [-0.15, -0.1) is 0 Å². The van der Waals surface area contributed by atoms with Gasteiger partial charge in [-0.1, -0.05) is 0 Å². The van der Waals surface area contributed by atoms with Crippen molar-refractivity contribution in [3.63, 3.8) is 0 Å². The van der Waals surface area contributed by atoms with Crippen molar-refractivity contribution < 1.29 is 84.2 Å². The molecule has 0 aromatic heterocycles. The van der Waals surface area contributed by atoms with E-state index < -0.39 is 0 Å². The molecule has 0 aliphatic heterocycles. The molecule has 4 heavy (non-hydrogen) atoms. The van der Waals surface area contributed by atoms with Crippen LogP contribution in [0.3, 0.4) is 0 Å². The third-order valence-electron chi connectivity index (χ3n) is 0. The Morgan fingerprint density at radius 2 is 1.00 bits per heavy atom. The van der Waals surface area contributed by atoms with E-state index >= 15 is 0 Å². The van der Waals surface area contributed by atoms with E-state index in [9.17, 15) is 0 Å². The third kappa shape index (κ3) is 9.26. The van der Waals surface area contributed by atoms with E-state index in [1.54, 1.807) is 0 Å². The van der Waals surface area contributed by atoms with Gasteiger partial charge in [-0.25, -0.2) is 0 Å². The van der Waals surface area contributed by atoms with E-state index in [0.717, 1.165) is 0 Å². The Hall–Kier alpha value is 3.82. The molecule has 0 heterocycles. The van der Waals surface area contributed by atoms with Gasteiger partial charge in [-0.2, -0.15) is 0 Å². The maximum Gasteiger partial charge on any atom is 0 e. The quantitative estimate of drug-likeness (QED) is 0.444. The molecule has 0 aliphatic rings. The molecule has 14 valence electrons. The second-order valence-electron chi connectivity index (χ2n) is 0. The van der Waals surface area contributed by atoms with Gasteiger partial charge >= 0.3 is 29.6 Å². The van der Waals surface area contributed by atoms with Crippen LogP contribution in [0.25, 0.3) is 0 Å². The first kappa shape index (κ1) is 24.9. The van der Waals surface area contributed by atoms with Crippen molar-refractivity contribution in [2.75, 3.05) is 0 Å². The molecule has 0 nitrogen and oxygen atoms in total. The predicted octanol–water partition coefficient (Wildman–Crippen LogP) is -0.653. The maximum absolute atomic E-state index is 0. The van der Waals surface area contributed by atoms with Gasteiger partial charge in [0, 0.05) is 84.2 Å². The zero-order valence-corrected chi connectivity index (χ0v) is 10.8. The first-order valence-electron chi connectivity index (χ1n) is 0. The van der Waals surface area contributed by atoms with Crippen molar-refractivity contribution in [1.82, 2.24) is 0 Å². The normalized spacial score (nSPS) is 0. The summed E-state index contributed by atoms with van der Waals surface area (Å²) in [5.74, 6) is 0. The smallest absolute Gasteiger partial charge is 0 e. The molecule has 0 spiro atoms. The average molecular weight is 435 g/mol. The van der Waals surface area contributed by atoms with Gasteiger partial charge in [0.25, 0.3) is 0 Å². The van der Waals surface area contributed by atoms with Gasteiger partial charge < -0.3 is 0 Å². The Labute approximate surface area is 111 Å². The van der Waals surface area contributed by atoms with Crippen LogP contribution < -0.4 is 0 Å². The summed E-state index contributed by atoms with van der Waals surface area (Å²) in [6.45, 7) is 0. The molecule has 0 unspecified atom stereocenters. The molecule has 2 radical (unpaired) electrons. The molecule has 0 bridgehead atoms. The molecule has 0 atom stereocenters. The molecule has 0 rings (SSSR count). The molecular weight excluding hydrogens is 434 g/mol. The van der Waals surface area contributed by atoms with Crippen molar-refractivity contribution in [2.45, 2.75) is 0 Å². The van der Waals surface area contributed by atoms with Crippen molar-refractivity contribution in [1.29, 1.82) is 0 Å². The molecule has 0 aromatic carbocycles. The SMILES string of the molecule is [La].[NaH].[Ta].[Zr]. The van der Waals surface area contributed by atoms with Crippen LogP contribution in [0.5, 0.6) is 0 Å². The summed E-state index contributed by atoms with van der Waals surface area (Å²) in [5, 5.41) is 0. The Morgan fingerprint density at radius 1 is 1.00 bits per heavy atom. The van der Waals surface area contributed by atoms with Crippen LogP contribution in [-0.4, -0.2) is 29.6 Å². The maximum atomic E-state index is 0. The van der Waals surface area contributed by atoms with Crippen LogP contribution >= 0.6 is 0 Å². The summed E-state index contributed by atoms with van der Waals surface area (Å²) >= 11 is 0. The van der Waals surface area contributed by atoms with Gasteiger partial charge in [0.2, 0.25) is 0 Å². The molecule has 0 saturated heterocycles. The van der Waals surface area contributed by atoms with Crippen LogP contribution in [-0.2, 0) is 48.6 Å². The Bertz CT molecular complexity index is 8.00. The Kier molecular flexibility index (Phi) is 98.7. The van der Waals surface area contributed by atoms with Gasteiger partial charge in [0.15, 0.2) is 0 Å². The molecule has 0 amide bonds. The van der Waals surface area contributed by atoms with E-state index in [1.807, 2.05) is 0 Å². The first-order chi connectivity index (χ1) is 0. The van der Waals surface area contributed by atoms with Gasteiger partial charge in [-0.3, -0.25) is 0 Å². The topological polar surface area (TPSA) is 0 Å². The van der Waals surface area contributed by atoms with E-state index in [1.165, 1.54) is 0 Å². The van der Waals surface area contributed by atoms with E-state index in [2.05, 4.69) is 0 Å². The number of rotatable bonds is 0. The minimum Gasteiger partial charge on any atom is 0 e. The molecule has 4 heteroatoms. The second kappa shape index (κ2) is 15.8. The largest absolute Gasteiger partial charge is 0 e. The van der Waals surface area contributed by atoms with Crippen LogP contribution in [0.15, 0.2) is 0 Å². The van der Waals surface area contributed by atoms with Gasteiger partial charge in [0.1, 0.15) is 0 Å². The van der Waals surface area contributed by atoms with Crippen LogP contribution in [0.1, 0.15) is 0 Å². The van der Waals surface area contributed by atoms with Crippen molar-refractivity contribution >= 4 is 29.6 Å². The molecule has 0 fully saturated rings. The fourth-order valence-corrected chi connectivity index (χ4v) is 0. The summed E-state index contributed by atoms with van der Waals surface area (Å²) < 4.78 is 0. The second-order valence-corrected chi connectivity index (χ2v) is 0. The molecule has 0 saturated carbocycles. The molecule has 0 N–H and O–H groups in total. The fraction of sp³-hybridized carbons (Fsp3) is 0.